The summed E-state index contributed by atoms with van der Waals surface area (Å²) in [6.45, 7) is 2.95. The van der Waals surface area contributed by atoms with E-state index in [1.165, 1.54) is 11.1 Å². The van der Waals surface area contributed by atoms with Gasteiger partial charge in [0, 0.05) is 17.4 Å². The molecular weight excluding hydrogens is 258 g/mol. The molecule has 2 aromatic carbocycles. The van der Waals surface area contributed by atoms with Crippen molar-refractivity contribution in [1.82, 2.24) is 9.78 Å². The van der Waals surface area contributed by atoms with Crippen LogP contribution in [0.4, 0.5) is 5.69 Å². The van der Waals surface area contributed by atoms with Gasteiger partial charge in [-0.1, -0.05) is 43.3 Å². The first-order valence-electron chi connectivity index (χ1n) is 7.21. The van der Waals surface area contributed by atoms with Gasteiger partial charge in [0.25, 0.3) is 0 Å². The lowest BCUT2D eigenvalue weighted by atomic mass is 10.1. The third-order valence-electron chi connectivity index (χ3n) is 3.63. The first-order valence-corrected chi connectivity index (χ1v) is 7.21. The van der Waals surface area contributed by atoms with Crippen molar-refractivity contribution >= 4 is 5.69 Å². The largest absolute Gasteiger partial charge is 0.399 e. The van der Waals surface area contributed by atoms with Crippen molar-refractivity contribution in [3.63, 3.8) is 0 Å². The zero-order valence-corrected chi connectivity index (χ0v) is 12.2. The number of hydrogen-bond donors (Lipinski definition) is 1. The van der Waals surface area contributed by atoms with Gasteiger partial charge in [-0.05, 0) is 35.2 Å². The second-order valence-electron chi connectivity index (χ2n) is 5.22. The quantitative estimate of drug-likeness (QED) is 0.738. The smallest absolute Gasteiger partial charge is 0.0659 e. The number of anilines is 1. The Hall–Kier alpha value is -2.55. The van der Waals surface area contributed by atoms with Gasteiger partial charge in [-0.15, -0.1) is 0 Å². The van der Waals surface area contributed by atoms with Crippen molar-refractivity contribution in [2.45, 2.75) is 19.9 Å². The number of hydrogen-bond acceptors (Lipinski definition) is 2. The maximum atomic E-state index is 5.83. The number of nitrogen functional groups attached to an aromatic ring is 1. The second kappa shape index (κ2) is 5.83. The van der Waals surface area contributed by atoms with Crippen LogP contribution in [0.25, 0.3) is 11.1 Å². The molecule has 0 saturated carbocycles. The van der Waals surface area contributed by atoms with E-state index in [9.17, 15) is 0 Å². The summed E-state index contributed by atoms with van der Waals surface area (Å²) >= 11 is 0. The molecule has 3 rings (SSSR count). The average Bonchev–Trinajstić information content (AvgIpc) is 2.97. The topological polar surface area (TPSA) is 43.8 Å². The SMILES string of the molecule is CCc1ccc(Cn2cc(-c3cccc(N)c3)cn2)cc1. The van der Waals surface area contributed by atoms with Crippen molar-refractivity contribution in [1.29, 1.82) is 0 Å². The summed E-state index contributed by atoms with van der Waals surface area (Å²) in [5, 5.41) is 4.44. The molecule has 106 valence electrons. The van der Waals surface area contributed by atoms with Crippen molar-refractivity contribution in [3.8, 4) is 11.1 Å². The number of benzene rings is 2. The summed E-state index contributed by atoms with van der Waals surface area (Å²) < 4.78 is 1.96. The van der Waals surface area contributed by atoms with Gasteiger partial charge in [0.15, 0.2) is 0 Å². The van der Waals surface area contributed by atoms with Crippen LogP contribution < -0.4 is 5.73 Å². The van der Waals surface area contributed by atoms with E-state index in [2.05, 4.69) is 42.5 Å². The molecule has 0 aliphatic carbocycles. The fourth-order valence-electron chi connectivity index (χ4n) is 2.38. The molecule has 0 bridgehead atoms. The third-order valence-corrected chi connectivity index (χ3v) is 3.63. The molecule has 3 heteroatoms. The Labute approximate surface area is 125 Å². The molecule has 1 heterocycles. The third kappa shape index (κ3) is 3.14. The molecule has 0 fully saturated rings. The van der Waals surface area contributed by atoms with Crippen LogP contribution in [-0.2, 0) is 13.0 Å². The Morgan fingerprint density at radius 2 is 1.76 bits per heavy atom. The molecule has 1 aromatic heterocycles. The van der Waals surface area contributed by atoms with Gasteiger partial charge in [0.1, 0.15) is 0 Å². The summed E-state index contributed by atoms with van der Waals surface area (Å²) in [6, 6.07) is 16.6. The molecule has 0 spiro atoms. The highest BCUT2D eigenvalue weighted by atomic mass is 15.3. The molecule has 0 atom stereocenters. The average molecular weight is 277 g/mol. The van der Waals surface area contributed by atoms with Crippen LogP contribution in [0.2, 0.25) is 0 Å². The molecule has 3 aromatic rings. The first-order chi connectivity index (χ1) is 10.2. The van der Waals surface area contributed by atoms with E-state index in [0.717, 1.165) is 29.8 Å². The normalized spacial score (nSPS) is 10.7. The maximum absolute atomic E-state index is 5.83. The van der Waals surface area contributed by atoms with E-state index < -0.39 is 0 Å². The Bertz CT molecular complexity index is 726. The minimum atomic E-state index is 0.774. The van der Waals surface area contributed by atoms with Gasteiger partial charge in [-0.2, -0.15) is 5.10 Å². The van der Waals surface area contributed by atoms with Gasteiger partial charge < -0.3 is 5.73 Å². The van der Waals surface area contributed by atoms with Crippen LogP contribution in [0.1, 0.15) is 18.1 Å². The van der Waals surface area contributed by atoms with Crippen LogP contribution in [-0.4, -0.2) is 9.78 Å². The fourth-order valence-corrected chi connectivity index (χ4v) is 2.38. The van der Waals surface area contributed by atoms with Crippen molar-refractivity contribution < 1.29 is 0 Å². The Morgan fingerprint density at radius 1 is 1.00 bits per heavy atom. The van der Waals surface area contributed by atoms with Crippen LogP contribution >= 0.6 is 0 Å². The highest BCUT2D eigenvalue weighted by molar-refractivity contribution is 5.65. The zero-order chi connectivity index (χ0) is 14.7. The van der Waals surface area contributed by atoms with Gasteiger partial charge >= 0.3 is 0 Å². The summed E-state index contributed by atoms with van der Waals surface area (Å²) in [5.74, 6) is 0. The number of aryl methyl sites for hydroxylation is 1. The summed E-state index contributed by atoms with van der Waals surface area (Å²) in [6.07, 6.45) is 5.01. The Kier molecular flexibility index (Phi) is 3.73. The van der Waals surface area contributed by atoms with Gasteiger partial charge in [-0.3, -0.25) is 4.68 Å². The minimum Gasteiger partial charge on any atom is -0.399 e. The first kappa shape index (κ1) is 13.4. The lowest BCUT2D eigenvalue weighted by Gasteiger charge is -2.03. The standard InChI is InChI=1S/C18H19N3/c1-2-14-6-8-15(9-7-14)12-21-13-17(11-20-21)16-4-3-5-18(19)10-16/h3-11,13H,2,12,19H2,1H3. The summed E-state index contributed by atoms with van der Waals surface area (Å²) in [7, 11) is 0. The molecule has 0 amide bonds. The Balaban J connectivity index is 1.78. The second-order valence-corrected chi connectivity index (χ2v) is 5.22. The van der Waals surface area contributed by atoms with Crippen LogP contribution in [0, 0.1) is 0 Å². The van der Waals surface area contributed by atoms with Gasteiger partial charge in [0.05, 0.1) is 12.7 Å². The van der Waals surface area contributed by atoms with Gasteiger partial charge in [0.2, 0.25) is 0 Å². The van der Waals surface area contributed by atoms with E-state index in [4.69, 9.17) is 5.73 Å². The lowest BCUT2D eigenvalue weighted by Crippen LogP contribution is -1.99. The van der Waals surface area contributed by atoms with E-state index in [1.807, 2.05) is 35.1 Å². The lowest BCUT2D eigenvalue weighted by molar-refractivity contribution is 0.687. The number of nitrogens with two attached hydrogens (primary N) is 1. The molecule has 0 radical (unpaired) electrons. The van der Waals surface area contributed by atoms with E-state index in [0.29, 0.717) is 0 Å². The minimum absolute atomic E-state index is 0.774. The zero-order valence-electron chi connectivity index (χ0n) is 12.2. The number of nitrogens with zero attached hydrogens (tertiary/aromatic N) is 2. The molecule has 0 saturated heterocycles. The van der Waals surface area contributed by atoms with Crippen molar-refractivity contribution in [2.75, 3.05) is 5.73 Å². The van der Waals surface area contributed by atoms with E-state index >= 15 is 0 Å². The van der Waals surface area contributed by atoms with Crippen molar-refractivity contribution in [2.24, 2.45) is 0 Å². The van der Waals surface area contributed by atoms with Crippen LogP contribution in [0.3, 0.4) is 0 Å². The predicted octanol–water partition coefficient (Wildman–Crippen LogP) is 3.74. The number of rotatable bonds is 4. The monoisotopic (exact) mass is 277 g/mol. The molecule has 0 aliphatic rings. The highest BCUT2D eigenvalue weighted by Gasteiger charge is 2.03. The predicted molar refractivity (Wildman–Crippen MR) is 87.0 cm³/mol. The molecule has 0 unspecified atom stereocenters. The van der Waals surface area contributed by atoms with Gasteiger partial charge in [-0.25, -0.2) is 0 Å². The molecule has 3 nitrogen and oxygen atoms in total. The van der Waals surface area contributed by atoms with E-state index in [1.54, 1.807) is 0 Å². The fraction of sp³-hybridized carbons (Fsp3) is 0.167. The molecular formula is C18H19N3. The molecule has 21 heavy (non-hydrogen) atoms. The van der Waals surface area contributed by atoms with Crippen LogP contribution in [0.15, 0.2) is 60.9 Å². The molecule has 2 N–H and O–H groups in total. The summed E-state index contributed by atoms with van der Waals surface area (Å²) in [5.41, 5.74) is 11.4. The van der Waals surface area contributed by atoms with E-state index in [-0.39, 0.29) is 0 Å². The molecule has 0 aliphatic heterocycles. The number of aromatic nitrogens is 2. The maximum Gasteiger partial charge on any atom is 0.0659 e. The Morgan fingerprint density at radius 3 is 2.48 bits per heavy atom. The van der Waals surface area contributed by atoms with Crippen LogP contribution in [0.5, 0.6) is 0 Å². The highest BCUT2D eigenvalue weighted by Crippen LogP contribution is 2.21. The summed E-state index contributed by atoms with van der Waals surface area (Å²) in [4.78, 5) is 0. The van der Waals surface area contributed by atoms with Crippen molar-refractivity contribution in [3.05, 3.63) is 72.1 Å².